The van der Waals surface area contributed by atoms with Crippen LogP contribution in [0.25, 0.3) is 0 Å². The molecule has 0 spiro atoms. The van der Waals surface area contributed by atoms with Crippen LogP contribution < -0.4 is 4.72 Å². The van der Waals surface area contributed by atoms with Crippen molar-refractivity contribution in [2.24, 2.45) is 0 Å². The summed E-state index contributed by atoms with van der Waals surface area (Å²) < 4.78 is 31.6. The molecule has 2 rings (SSSR count). The summed E-state index contributed by atoms with van der Waals surface area (Å²) in [6.45, 7) is 1.63. The van der Waals surface area contributed by atoms with Gasteiger partial charge in [0, 0.05) is 12.3 Å². The van der Waals surface area contributed by atoms with Crippen LogP contribution in [-0.4, -0.2) is 24.5 Å². The fourth-order valence-electron chi connectivity index (χ4n) is 1.63. The highest BCUT2D eigenvalue weighted by Gasteiger charge is 2.26. The van der Waals surface area contributed by atoms with Crippen LogP contribution in [0.1, 0.15) is 29.2 Å². The molecule has 2 heterocycles. The number of nitrogens with zero attached hydrogens (tertiary/aromatic N) is 1. The Balaban J connectivity index is 2.29. The average molecular weight is 375 g/mol. The molecule has 2 aromatic rings. The standard InChI is InChI=1S/C12H11BrN2O5S/c1-7(8-4-2-3-5-14-8)15-21(18,19)10-6-9(12(16)17)20-11(10)13/h2-7,15H,1H3,(H,16,17). The van der Waals surface area contributed by atoms with E-state index in [-0.39, 0.29) is 9.56 Å². The smallest absolute Gasteiger partial charge is 0.371 e. The summed E-state index contributed by atoms with van der Waals surface area (Å²) in [4.78, 5) is 14.6. The Labute approximate surface area is 129 Å². The quantitative estimate of drug-likeness (QED) is 0.829. The zero-order valence-electron chi connectivity index (χ0n) is 10.8. The Hall–Kier alpha value is -1.71. The van der Waals surface area contributed by atoms with Crippen molar-refractivity contribution in [3.05, 3.63) is 46.6 Å². The zero-order chi connectivity index (χ0) is 15.6. The molecule has 0 aliphatic heterocycles. The van der Waals surface area contributed by atoms with E-state index in [1.54, 1.807) is 31.3 Å². The third-order valence-electron chi connectivity index (χ3n) is 2.62. The second-order valence-electron chi connectivity index (χ2n) is 4.15. The number of rotatable bonds is 5. The molecule has 0 bridgehead atoms. The molecule has 1 unspecified atom stereocenters. The van der Waals surface area contributed by atoms with Gasteiger partial charge in [-0.1, -0.05) is 6.07 Å². The Morgan fingerprint density at radius 3 is 2.71 bits per heavy atom. The third kappa shape index (κ3) is 3.49. The maximum absolute atomic E-state index is 12.3. The van der Waals surface area contributed by atoms with E-state index in [9.17, 15) is 13.2 Å². The molecule has 0 amide bonds. The fourth-order valence-corrected chi connectivity index (χ4v) is 3.79. The maximum atomic E-state index is 12.3. The number of nitrogens with one attached hydrogen (secondary N) is 1. The SMILES string of the molecule is CC(NS(=O)(=O)c1cc(C(=O)O)oc1Br)c1ccccn1. The second-order valence-corrected chi connectivity index (χ2v) is 6.55. The lowest BCUT2D eigenvalue weighted by Crippen LogP contribution is -2.27. The Kier molecular flexibility index (Phi) is 4.45. The number of carbonyl (C=O) groups is 1. The van der Waals surface area contributed by atoms with Gasteiger partial charge in [0.2, 0.25) is 15.8 Å². The summed E-state index contributed by atoms with van der Waals surface area (Å²) in [5, 5.41) is 8.81. The minimum Gasteiger partial charge on any atom is -0.475 e. The molecule has 7 nitrogen and oxygen atoms in total. The highest BCUT2D eigenvalue weighted by atomic mass is 79.9. The molecular weight excluding hydrogens is 364 g/mol. The molecular formula is C12H11BrN2O5S. The van der Waals surface area contributed by atoms with Gasteiger partial charge >= 0.3 is 5.97 Å². The summed E-state index contributed by atoms with van der Waals surface area (Å²) >= 11 is 2.90. The number of hydrogen-bond donors (Lipinski definition) is 2. The zero-order valence-corrected chi connectivity index (χ0v) is 13.2. The van der Waals surface area contributed by atoms with Gasteiger partial charge in [0.1, 0.15) is 4.90 Å². The highest BCUT2D eigenvalue weighted by molar-refractivity contribution is 9.10. The predicted molar refractivity (Wildman–Crippen MR) is 76.3 cm³/mol. The van der Waals surface area contributed by atoms with Gasteiger partial charge in [-0.25, -0.2) is 17.9 Å². The molecule has 0 fully saturated rings. The largest absolute Gasteiger partial charge is 0.475 e. The molecule has 9 heteroatoms. The monoisotopic (exact) mass is 374 g/mol. The van der Waals surface area contributed by atoms with Gasteiger partial charge in [-0.15, -0.1) is 0 Å². The van der Waals surface area contributed by atoms with Crippen LogP contribution in [-0.2, 0) is 10.0 Å². The Morgan fingerprint density at radius 1 is 1.48 bits per heavy atom. The van der Waals surface area contributed by atoms with Crippen molar-refractivity contribution in [2.45, 2.75) is 17.9 Å². The molecule has 0 aliphatic rings. The van der Waals surface area contributed by atoms with Crippen LogP contribution in [0.4, 0.5) is 0 Å². The summed E-state index contributed by atoms with van der Waals surface area (Å²) in [5.41, 5.74) is 0.541. The molecule has 0 radical (unpaired) electrons. The van der Waals surface area contributed by atoms with Gasteiger partial charge in [0.15, 0.2) is 4.67 Å². The molecule has 0 aromatic carbocycles. The van der Waals surface area contributed by atoms with Crippen molar-refractivity contribution in [1.82, 2.24) is 9.71 Å². The normalized spacial score (nSPS) is 13.0. The van der Waals surface area contributed by atoms with Crippen LogP contribution in [0.5, 0.6) is 0 Å². The lowest BCUT2D eigenvalue weighted by atomic mass is 10.2. The number of hydrogen-bond acceptors (Lipinski definition) is 5. The number of pyridine rings is 1. The fraction of sp³-hybridized carbons (Fsp3) is 0.167. The van der Waals surface area contributed by atoms with Gasteiger partial charge < -0.3 is 9.52 Å². The number of aromatic nitrogens is 1. The summed E-state index contributed by atoms with van der Waals surface area (Å²) in [6, 6.07) is 5.51. The molecule has 2 aromatic heterocycles. The maximum Gasteiger partial charge on any atom is 0.371 e. The first-order valence-corrected chi connectivity index (χ1v) is 8.05. The van der Waals surface area contributed by atoms with E-state index >= 15 is 0 Å². The van der Waals surface area contributed by atoms with Crippen molar-refractivity contribution in [2.75, 3.05) is 0 Å². The van der Waals surface area contributed by atoms with Crippen LogP contribution >= 0.6 is 15.9 Å². The topological polar surface area (TPSA) is 110 Å². The first kappa shape index (κ1) is 15.7. The van der Waals surface area contributed by atoms with Crippen LogP contribution in [0.2, 0.25) is 0 Å². The number of halogens is 1. The van der Waals surface area contributed by atoms with Crippen molar-refractivity contribution in [3.8, 4) is 0 Å². The van der Waals surface area contributed by atoms with E-state index in [4.69, 9.17) is 9.52 Å². The van der Waals surface area contributed by atoms with E-state index in [0.29, 0.717) is 5.69 Å². The van der Waals surface area contributed by atoms with Gasteiger partial charge in [0.05, 0.1) is 11.7 Å². The summed E-state index contributed by atoms with van der Waals surface area (Å²) in [6.07, 6.45) is 1.55. The second kappa shape index (κ2) is 5.96. The number of carboxylic acid groups (broad SMARTS) is 1. The molecule has 1 atom stereocenters. The van der Waals surface area contributed by atoms with Gasteiger partial charge in [-0.05, 0) is 35.0 Å². The van der Waals surface area contributed by atoms with Crippen LogP contribution in [0.3, 0.4) is 0 Å². The Morgan fingerprint density at radius 2 is 2.19 bits per heavy atom. The Bertz CT molecular complexity index is 757. The van der Waals surface area contributed by atoms with Crippen molar-refractivity contribution >= 4 is 31.9 Å². The van der Waals surface area contributed by atoms with Gasteiger partial charge in [-0.3, -0.25) is 4.98 Å². The minimum absolute atomic E-state index is 0.166. The summed E-state index contributed by atoms with van der Waals surface area (Å²) in [5.74, 6) is -1.82. The van der Waals surface area contributed by atoms with E-state index in [1.165, 1.54) is 0 Å². The van der Waals surface area contributed by atoms with Crippen molar-refractivity contribution < 1.29 is 22.7 Å². The van der Waals surface area contributed by atoms with E-state index in [1.807, 2.05) is 0 Å². The first-order chi connectivity index (χ1) is 9.81. The van der Waals surface area contributed by atoms with Gasteiger partial charge in [-0.2, -0.15) is 0 Å². The minimum atomic E-state index is -3.94. The molecule has 0 saturated heterocycles. The number of sulfonamides is 1. The number of aromatic carboxylic acids is 1. The number of furan rings is 1. The van der Waals surface area contributed by atoms with Gasteiger partial charge in [0.25, 0.3) is 0 Å². The predicted octanol–water partition coefficient (Wildman–Crippen LogP) is 2.17. The average Bonchev–Trinajstić information content (AvgIpc) is 2.82. The molecule has 0 aliphatic carbocycles. The summed E-state index contributed by atoms with van der Waals surface area (Å²) in [7, 11) is -3.94. The first-order valence-electron chi connectivity index (χ1n) is 5.77. The molecule has 21 heavy (non-hydrogen) atoms. The third-order valence-corrected chi connectivity index (χ3v) is 5.02. The molecule has 0 saturated carbocycles. The lowest BCUT2D eigenvalue weighted by molar-refractivity contribution is 0.0661. The van der Waals surface area contributed by atoms with E-state index in [0.717, 1.165) is 6.07 Å². The molecule has 112 valence electrons. The highest BCUT2D eigenvalue weighted by Crippen LogP contribution is 2.27. The number of carboxylic acids is 1. The lowest BCUT2D eigenvalue weighted by Gasteiger charge is -2.12. The van der Waals surface area contributed by atoms with Crippen molar-refractivity contribution in [1.29, 1.82) is 0 Å². The molecule has 2 N–H and O–H groups in total. The van der Waals surface area contributed by atoms with E-state index in [2.05, 4.69) is 25.6 Å². The van der Waals surface area contributed by atoms with Crippen molar-refractivity contribution in [3.63, 3.8) is 0 Å². The van der Waals surface area contributed by atoms with Crippen LogP contribution in [0.15, 0.2) is 44.4 Å². The van der Waals surface area contributed by atoms with E-state index < -0.39 is 27.8 Å². The van der Waals surface area contributed by atoms with Crippen LogP contribution in [0, 0.1) is 0 Å².